The predicted molar refractivity (Wildman–Crippen MR) is 87.5 cm³/mol. The van der Waals surface area contributed by atoms with E-state index in [1.165, 1.54) is 6.08 Å². The summed E-state index contributed by atoms with van der Waals surface area (Å²) >= 11 is 0. The average molecular weight is 301 g/mol. The molecule has 1 fully saturated rings. The standard InChI is InChI=1S/C17H23N3O2/c18-11-13-1-6-14(7-2-13)17(21)22-15-8-3-12(4-9-15)5-10-16(19)20/h3-5,8-10,13-14H,1-2,6-7,11,18H2,(H3,19,20)/t13-,14-. The third-order valence-corrected chi connectivity index (χ3v) is 4.07. The van der Waals surface area contributed by atoms with Gasteiger partial charge < -0.3 is 16.2 Å². The van der Waals surface area contributed by atoms with Crippen LogP contribution in [0.5, 0.6) is 5.75 Å². The van der Waals surface area contributed by atoms with E-state index in [0.29, 0.717) is 18.2 Å². The molecule has 0 unspecified atom stereocenters. The Balaban J connectivity index is 1.88. The van der Waals surface area contributed by atoms with Crippen LogP contribution in [0.1, 0.15) is 31.2 Å². The van der Waals surface area contributed by atoms with Gasteiger partial charge in [0.05, 0.1) is 5.92 Å². The molecule has 1 aromatic rings. The first-order chi connectivity index (χ1) is 10.6. The largest absolute Gasteiger partial charge is 0.426 e. The third kappa shape index (κ3) is 4.70. The summed E-state index contributed by atoms with van der Waals surface area (Å²) in [5.74, 6) is 0.938. The summed E-state index contributed by atoms with van der Waals surface area (Å²) in [6.45, 7) is 0.705. The van der Waals surface area contributed by atoms with Gasteiger partial charge >= 0.3 is 5.97 Å². The van der Waals surface area contributed by atoms with Gasteiger partial charge in [-0.25, -0.2) is 0 Å². The fraction of sp³-hybridized carbons (Fsp3) is 0.412. The lowest BCUT2D eigenvalue weighted by molar-refractivity contribution is -0.140. The van der Waals surface area contributed by atoms with Gasteiger partial charge in [0.1, 0.15) is 11.6 Å². The molecule has 5 N–H and O–H groups in total. The molecule has 0 aliphatic heterocycles. The molecular weight excluding hydrogens is 278 g/mol. The van der Waals surface area contributed by atoms with Crippen molar-refractivity contribution in [3.8, 4) is 5.75 Å². The highest BCUT2D eigenvalue weighted by Crippen LogP contribution is 2.29. The highest BCUT2D eigenvalue weighted by Gasteiger charge is 2.27. The summed E-state index contributed by atoms with van der Waals surface area (Å²) < 4.78 is 5.44. The van der Waals surface area contributed by atoms with Gasteiger partial charge in [-0.05, 0) is 61.9 Å². The second kappa shape index (κ2) is 7.75. The quantitative estimate of drug-likeness (QED) is 0.336. The fourth-order valence-corrected chi connectivity index (χ4v) is 2.67. The zero-order valence-electron chi connectivity index (χ0n) is 12.6. The van der Waals surface area contributed by atoms with Crippen LogP contribution in [0.2, 0.25) is 0 Å². The molecule has 118 valence electrons. The van der Waals surface area contributed by atoms with E-state index >= 15 is 0 Å². The minimum atomic E-state index is -0.150. The number of hydrogen-bond acceptors (Lipinski definition) is 4. The Bertz CT molecular complexity index is 544. The van der Waals surface area contributed by atoms with Gasteiger partial charge in [-0.1, -0.05) is 18.2 Å². The van der Waals surface area contributed by atoms with Crippen LogP contribution >= 0.6 is 0 Å². The van der Waals surface area contributed by atoms with Crippen molar-refractivity contribution >= 4 is 17.9 Å². The molecule has 0 amide bonds. The molecule has 2 rings (SSSR count). The van der Waals surface area contributed by atoms with Crippen molar-refractivity contribution < 1.29 is 9.53 Å². The van der Waals surface area contributed by atoms with Crippen LogP contribution in [0.15, 0.2) is 30.3 Å². The van der Waals surface area contributed by atoms with Crippen LogP contribution in [0.4, 0.5) is 0 Å². The Morgan fingerprint density at radius 2 is 1.86 bits per heavy atom. The average Bonchev–Trinajstić information content (AvgIpc) is 2.54. The van der Waals surface area contributed by atoms with Gasteiger partial charge in [0.15, 0.2) is 0 Å². The second-order valence-corrected chi connectivity index (χ2v) is 5.73. The van der Waals surface area contributed by atoms with E-state index in [9.17, 15) is 4.79 Å². The van der Waals surface area contributed by atoms with Crippen molar-refractivity contribution in [2.45, 2.75) is 25.7 Å². The molecule has 5 nitrogen and oxygen atoms in total. The summed E-state index contributed by atoms with van der Waals surface area (Å²) in [6.07, 6.45) is 6.98. The number of rotatable bonds is 5. The van der Waals surface area contributed by atoms with Crippen LogP contribution < -0.4 is 16.2 Å². The van der Waals surface area contributed by atoms with E-state index in [1.807, 2.05) is 12.1 Å². The first-order valence-electron chi connectivity index (χ1n) is 7.62. The van der Waals surface area contributed by atoms with E-state index in [4.69, 9.17) is 21.6 Å². The first kappa shape index (κ1) is 16.2. The Labute approximate surface area is 130 Å². The third-order valence-electron chi connectivity index (χ3n) is 4.07. The van der Waals surface area contributed by atoms with Crippen molar-refractivity contribution in [3.63, 3.8) is 0 Å². The minimum Gasteiger partial charge on any atom is -0.426 e. The summed E-state index contributed by atoms with van der Waals surface area (Å²) in [7, 11) is 0. The maximum Gasteiger partial charge on any atom is 0.314 e. The number of carbonyl (C=O) groups excluding carboxylic acids is 1. The molecule has 0 spiro atoms. The fourth-order valence-electron chi connectivity index (χ4n) is 2.67. The van der Waals surface area contributed by atoms with Crippen LogP contribution in [0.25, 0.3) is 6.08 Å². The molecule has 0 bridgehead atoms. The Kier molecular flexibility index (Phi) is 5.72. The SMILES string of the molecule is N=C(N)C=Cc1ccc(OC(=O)[C@H]2CC[C@H](CN)CC2)cc1. The van der Waals surface area contributed by atoms with Crippen molar-refractivity contribution in [1.82, 2.24) is 0 Å². The van der Waals surface area contributed by atoms with Gasteiger partial charge in [-0.3, -0.25) is 10.2 Å². The van der Waals surface area contributed by atoms with Crippen molar-refractivity contribution in [1.29, 1.82) is 5.41 Å². The van der Waals surface area contributed by atoms with E-state index in [-0.39, 0.29) is 17.7 Å². The molecule has 0 radical (unpaired) electrons. The maximum atomic E-state index is 12.2. The smallest absolute Gasteiger partial charge is 0.314 e. The monoisotopic (exact) mass is 301 g/mol. The molecule has 1 aliphatic carbocycles. The van der Waals surface area contributed by atoms with E-state index in [1.54, 1.807) is 18.2 Å². The highest BCUT2D eigenvalue weighted by molar-refractivity contribution is 5.92. The number of carbonyl (C=O) groups is 1. The molecule has 0 heterocycles. The predicted octanol–water partition coefficient (Wildman–Crippen LogP) is 2.31. The van der Waals surface area contributed by atoms with Gasteiger partial charge in [-0.15, -0.1) is 0 Å². The number of nitrogens with two attached hydrogens (primary N) is 2. The molecule has 0 aromatic heterocycles. The van der Waals surface area contributed by atoms with Gasteiger partial charge in [0.25, 0.3) is 0 Å². The topological polar surface area (TPSA) is 102 Å². The Morgan fingerprint density at radius 3 is 2.41 bits per heavy atom. The Hall–Kier alpha value is -2.14. The summed E-state index contributed by atoms with van der Waals surface area (Å²) in [4.78, 5) is 12.2. The number of benzene rings is 1. The summed E-state index contributed by atoms with van der Waals surface area (Å²) in [5.41, 5.74) is 11.8. The van der Waals surface area contributed by atoms with Crippen molar-refractivity contribution in [2.75, 3.05) is 6.54 Å². The number of nitrogens with one attached hydrogen (secondary N) is 1. The lowest BCUT2D eigenvalue weighted by Crippen LogP contribution is -2.28. The molecule has 1 aromatic carbocycles. The van der Waals surface area contributed by atoms with Gasteiger partial charge in [-0.2, -0.15) is 0 Å². The normalized spacial score (nSPS) is 21.7. The van der Waals surface area contributed by atoms with Crippen molar-refractivity contribution in [3.05, 3.63) is 35.9 Å². The zero-order valence-corrected chi connectivity index (χ0v) is 12.6. The molecular formula is C17H23N3O2. The molecule has 1 saturated carbocycles. The molecule has 22 heavy (non-hydrogen) atoms. The van der Waals surface area contributed by atoms with Crippen LogP contribution in [-0.4, -0.2) is 18.3 Å². The van der Waals surface area contributed by atoms with Crippen molar-refractivity contribution in [2.24, 2.45) is 23.3 Å². The Morgan fingerprint density at radius 1 is 1.23 bits per heavy atom. The lowest BCUT2D eigenvalue weighted by Gasteiger charge is -2.26. The second-order valence-electron chi connectivity index (χ2n) is 5.73. The highest BCUT2D eigenvalue weighted by atomic mass is 16.5. The van der Waals surface area contributed by atoms with Gasteiger partial charge in [0, 0.05) is 0 Å². The minimum absolute atomic E-state index is 0.00332. The molecule has 0 atom stereocenters. The summed E-state index contributed by atoms with van der Waals surface area (Å²) in [5, 5.41) is 7.13. The number of ether oxygens (including phenoxy) is 1. The molecule has 5 heteroatoms. The van der Waals surface area contributed by atoms with Crippen LogP contribution in [-0.2, 0) is 4.79 Å². The first-order valence-corrected chi connectivity index (χ1v) is 7.62. The van der Waals surface area contributed by atoms with E-state index in [0.717, 1.165) is 31.2 Å². The van der Waals surface area contributed by atoms with Gasteiger partial charge in [0.2, 0.25) is 0 Å². The summed E-state index contributed by atoms with van der Waals surface area (Å²) in [6, 6.07) is 7.16. The van der Waals surface area contributed by atoms with E-state index < -0.39 is 0 Å². The van der Waals surface area contributed by atoms with Crippen LogP contribution in [0, 0.1) is 17.2 Å². The van der Waals surface area contributed by atoms with Crippen LogP contribution in [0.3, 0.4) is 0 Å². The lowest BCUT2D eigenvalue weighted by atomic mass is 9.82. The number of amidine groups is 1. The van der Waals surface area contributed by atoms with E-state index in [2.05, 4.69) is 0 Å². The molecule has 1 aliphatic rings. The number of esters is 1. The maximum absolute atomic E-state index is 12.2. The number of hydrogen-bond donors (Lipinski definition) is 3. The zero-order chi connectivity index (χ0) is 15.9. The molecule has 0 saturated heterocycles.